The first kappa shape index (κ1) is 23.6. The van der Waals surface area contributed by atoms with Crippen molar-refractivity contribution < 1.29 is 19.1 Å². The number of methoxy groups -OCH3 is 1. The van der Waals surface area contributed by atoms with Gasteiger partial charge >= 0.3 is 5.97 Å². The smallest absolute Gasteiger partial charge is 0.343 e. The van der Waals surface area contributed by atoms with Crippen LogP contribution in [-0.4, -0.2) is 36.0 Å². The lowest BCUT2D eigenvalue weighted by atomic mass is 9.88. The van der Waals surface area contributed by atoms with Crippen molar-refractivity contribution in [2.75, 3.05) is 7.11 Å². The van der Waals surface area contributed by atoms with Gasteiger partial charge < -0.3 is 14.4 Å². The number of amides is 1. The Morgan fingerprint density at radius 3 is 2.25 bits per heavy atom. The molecule has 5 nitrogen and oxygen atoms in total. The maximum atomic E-state index is 13.7. The predicted octanol–water partition coefficient (Wildman–Crippen LogP) is 5.47. The molecule has 2 aromatic carbocycles. The summed E-state index contributed by atoms with van der Waals surface area (Å²) in [5.41, 5.74) is 4.76. The van der Waals surface area contributed by atoms with E-state index in [1.165, 1.54) is 0 Å². The van der Waals surface area contributed by atoms with Gasteiger partial charge in [0.05, 0.1) is 18.2 Å². The number of benzene rings is 2. The van der Waals surface area contributed by atoms with Gasteiger partial charge in [0.1, 0.15) is 11.5 Å². The third-order valence-electron chi connectivity index (χ3n) is 6.04. The van der Waals surface area contributed by atoms with E-state index in [0.29, 0.717) is 29.1 Å². The summed E-state index contributed by atoms with van der Waals surface area (Å²) in [6.07, 6.45) is 1.21. The molecule has 0 aliphatic heterocycles. The second kappa shape index (κ2) is 9.60. The molecule has 0 atom stereocenters. The number of aryl methyl sites for hydroxylation is 2. The van der Waals surface area contributed by atoms with Gasteiger partial charge in [0, 0.05) is 18.5 Å². The highest BCUT2D eigenvalue weighted by Gasteiger charge is 2.32. The van der Waals surface area contributed by atoms with Crippen molar-refractivity contribution >= 4 is 17.4 Å². The number of nitrogens with zero attached hydrogens (tertiary/aromatic N) is 1. The number of carbonyl (C=O) groups is 2. The normalized spacial score (nSPS) is 13.3. The molecule has 0 fully saturated rings. The van der Waals surface area contributed by atoms with Crippen molar-refractivity contribution in [3.05, 3.63) is 70.0 Å². The minimum absolute atomic E-state index is 0.0186. The first-order chi connectivity index (χ1) is 15.1. The second-order valence-electron chi connectivity index (χ2n) is 8.87. The average Bonchev–Trinajstić information content (AvgIpc) is 2.74. The van der Waals surface area contributed by atoms with Gasteiger partial charge in [-0.05, 0) is 82.3 Å². The van der Waals surface area contributed by atoms with Gasteiger partial charge in [-0.3, -0.25) is 4.79 Å². The Morgan fingerprint density at radius 1 is 0.969 bits per heavy atom. The Labute approximate surface area is 191 Å². The summed E-state index contributed by atoms with van der Waals surface area (Å²) < 4.78 is 11.3. The van der Waals surface area contributed by atoms with E-state index < -0.39 is 5.97 Å². The summed E-state index contributed by atoms with van der Waals surface area (Å²) in [5.74, 6) is 0.485. The SMILES string of the molecule is COc1cc(C(=O)OC2=C(C(=O)N(C(C)C)C(C)C)c3ccccc3CC2)cc(C)c1C. The maximum absolute atomic E-state index is 13.7. The van der Waals surface area contributed by atoms with Crippen LogP contribution < -0.4 is 4.74 Å². The molecule has 1 aliphatic rings. The number of ether oxygens (including phenoxy) is 2. The minimum Gasteiger partial charge on any atom is -0.496 e. The Balaban J connectivity index is 2.07. The van der Waals surface area contributed by atoms with Crippen molar-refractivity contribution in [3.63, 3.8) is 0 Å². The molecule has 3 rings (SSSR count). The summed E-state index contributed by atoms with van der Waals surface area (Å²) in [5, 5.41) is 0. The van der Waals surface area contributed by atoms with E-state index in [4.69, 9.17) is 9.47 Å². The molecule has 0 heterocycles. The topological polar surface area (TPSA) is 55.8 Å². The van der Waals surface area contributed by atoms with E-state index in [1.807, 2.05) is 70.7 Å². The quantitative estimate of drug-likeness (QED) is 0.565. The summed E-state index contributed by atoms with van der Waals surface area (Å²) in [7, 11) is 1.58. The van der Waals surface area contributed by atoms with Crippen molar-refractivity contribution in [3.8, 4) is 5.75 Å². The van der Waals surface area contributed by atoms with Crippen molar-refractivity contribution in [1.29, 1.82) is 0 Å². The molecule has 32 heavy (non-hydrogen) atoms. The molecule has 0 radical (unpaired) electrons. The minimum atomic E-state index is -0.480. The standard InChI is InChI=1S/C27H33NO4/c1-16(2)28(17(3)4)26(29)25-22-11-9-8-10-20(22)12-13-23(25)32-27(30)21-14-18(5)19(6)24(15-21)31-7/h8-11,14-17H,12-13H2,1-7H3. The Bertz CT molecular complexity index is 1060. The van der Waals surface area contributed by atoms with E-state index in [9.17, 15) is 9.59 Å². The predicted molar refractivity (Wildman–Crippen MR) is 127 cm³/mol. The van der Waals surface area contributed by atoms with E-state index in [0.717, 1.165) is 28.7 Å². The van der Waals surface area contributed by atoms with Crippen LogP contribution >= 0.6 is 0 Å². The molecule has 0 unspecified atom stereocenters. The molecule has 0 aromatic heterocycles. The molecule has 170 valence electrons. The van der Waals surface area contributed by atoms with Gasteiger partial charge in [-0.2, -0.15) is 0 Å². The van der Waals surface area contributed by atoms with Crippen molar-refractivity contribution in [2.45, 2.75) is 66.5 Å². The molecular formula is C27H33NO4. The van der Waals surface area contributed by atoms with Crippen molar-refractivity contribution in [1.82, 2.24) is 4.90 Å². The van der Waals surface area contributed by atoms with Crippen LogP contribution in [0.4, 0.5) is 0 Å². The zero-order valence-electron chi connectivity index (χ0n) is 20.1. The second-order valence-corrected chi connectivity index (χ2v) is 8.87. The fourth-order valence-electron chi connectivity index (χ4n) is 4.36. The average molecular weight is 436 g/mol. The highest BCUT2D eigenvalue weighted by Crippen LogP contribution is 2.35. The van der Waals surface area contributed by atoms with E-state index >= 15 is 0 Å². The third-order valence-corrected chi connectivity index (χ3v) is 6.04. The van der Waals surface area contributed by atoms with Crippen LogP contribution in [0.2, 0.25) is 0 Å². The van der Waals surface area contributed by atoms with E-state index in [1.54, 1.807) is 19.2 Å². The fraction of sp³-hybridized carbons (Fsp3) is 0.407. The molecule has 0 spiro atoms. The number of hydrogen-bond acceptors (Lipinski definition) is 4. The molecule has 0 N–H and O–H groups in total. The number of allylic oxidation sites excluding steroid dienone is 1. The van der Waals surface area contributed by atoms with Gasteiger partial charge in [-0.1, -0.05) is 24.3 Å². The number of hydrogen-bond donors (Lipinski definition) is 0. The Morgan fingerprint density at radius 2 is 1.62 bits per heavy atom. The summed E-state index contributed by atoms with van der Waals surface area (Å²) >= 11 is 0. The molecular weight excluding hydrogens is 402 g/mol. The summed E-state index contributed by atoms with van der Waals surface area (Å²) in [4.78, 5) is 28.7. The third kappa shape index (κ3) is 4.57. The first-order valence-corrected chi connectivity index (χ1v) is 11.2. The monoisotopic (exact) mass is 435 g/mol. The number of carbonyl (C=O) groups excluding carboxylic acids is 2. The van der Waals surface area contributed by atoms with Gasteiger partial charge in [0.15, 0.2) is 0 Å². The largest absolute Gasteiger partial charge is 0.496 e. The first-order valence-electron chi connectivity index (χ1n) is 11.2. The van der Waals surface area contributed by atoms with Crippen LogP contribution in [0.25, 0.3) is 5.57 Å². The Kier molecular flexibility index (Phi) is 7.07. The summed E-state index contributed by atoms with van der Waals surface area (Å²) in [6.45, 7) is 11.9. The lowest BCUT2D eigenvalue weighted by Gasteiger charge is -2.33. The number of fused-ring (bicyclic) bond motifs is 1. The zero-order chi connectivity index (χ0) is 23.6. The van der Waals surface area contributed by atoms with Gasteiger partial charge in [-0.15, -0.1) is 0 Å². The molecule has 5 heteroatoms. The molecule has 2 aromatic rings. The number of esters is 1. The lowest BCUT2D eigenvalue weighted by Crippen LogP contribution is -2.43. The molecule has 1 amide bonds. The van der Waals surface area contributed by atoms with Crippen LogP contribution in [-0.2, 0) is 16.0 Å². The number of rotatable bonds is 6. The highest BCUT2D eigenvalue weighted by atomic mass is 16.5. The van der Waals surface area contributed by atoms with Crippen molar-refractivity contribution in [2.24, 2.45) is 0 Å². The highest BCUT2D eigenvalue weighted by molar-refractivity contribution is 6.21. The molecule has 0 saturated carbocycles. The Hall–Kier alpha value is -3.08. The van der Waals surface area contributed by atoms with Crippen LogP contribution in [0.15, 0.2) is 42.2 Å². The fourth-order valence-corrected chi connectivity index (χ4v) is 4.36. The molecule has 0 saturated heterocycles. The van der Waals surface area contributed by atoms with Gasteiger partial charge in [0.2, 0.25) is 0 Å². The van der Waals surface area contributed by atoms with Crippen LogP contribution in [0.3, 0.4) is 0 Å². The molecule has 0 bridgehead atoms. The lowest BCUT2D eigenvalue weighted by molar-refractivity contribution is -0.128. The zero-order valence-corrected chi connectivity index (χ0v) is 20.1. The van der Waals surface area contributed by atoms with Crippen LogP contribution in [0, 0.1) is 13.8 Å². The van der Waals surface area contributed by atoms with Crippen LogP contribution in [0.5, 0.6) is 5.75 Å². The van der Waals surface area contributed by atoms with Gasteiger partial charge in [0.25, 0.3) is 5.91 Å². The summed E-state index contributed by atoms with van der Waals surface area (Å²) in [6, 6.07) is 11.4. The van der Waals surface area contributed by atoms with Crippen LogP contribution in [0.1, 0.15) is 66.7 Å². The van der Waals surface area contributed by atoms with E-state index in [-0.39, 0.29) is 18.0 Å². The van der Waals surface area contributed by atoms with E-state index in [2.05, 4.69) is 0 Å². The maximum Gasteiger partial charge on any atom is 0.343 e. The molecule has 1 aliphatic carbocycles. The van der Waals surface area contributed by atoms with Gasteiger partial charge in [-0.25, -0.2) is 4.79 Å².